The molecule has 0 aliphatic carbocycles. The zero-order valence-corrected chi connectivity index (χ0v) is 8.45. The van der Waals surface area contributed by atoms with Gasteiger partial charge in [0.2, 0.25) is 0 Å². The van der Waals surface area contributed by atoms with Crippen LogP contribution < -0.4 is 0 Å². The maximum absolute atomic E-state index is 9.70. The Morgan fingerprint density at radius 2 is 1.75 bits per heavy atom. The molecule has 1 aliphatic heterocycles. The minimum Gasteiger partial charge on any atom is -0.390 e. The molecule has 1 heterocycles. The fourth-order valence-corrected chi connectivity index (χ4v) is 2.03. The summed E-state index contributed by atoms with van der Waals surface area (Å²) in [7, 11) is 0. The SMILES string of the molecule is CCC1OC(C)C(O)C(C)C1C. The lowest BCUT2D eigenvalue weighted by molar-refractivity contribution is -0.161. The summed E-state index contributed by atoms with van der Waals surface area (Å²) in [4.78, 5) is 0. The van der Waals surface area contributed by atoms with Crippen LogP contribution in [0.4, 0.5) is 0 Å². The molecule has 0 aromatic rings. The second-order valence-corrected chi connectivity index (χ2v) is 4.00. The van der Waals surface area contributed by atoms with Gasteiger partial charge in [-0.05, 0) is 25.2 Å². The van der Waals surface area contributed by atoms with Crippen LogP contribution in [-0.2, 0) is 4.74 Å². The molecule has 0 saturated carbocycles. The molecule has 1 rings (SSSR count). The predicted molar refractivity (Wildman–Crippen MR) is 49.0 cm³/mol. The summed E-state index contributed by atoms with van der Waals surface area (Å²) >= 11 is 0. The number of hydrogen-bond donors (Lipinski definition) is 1. The van der Waals surface area contributed by atoms with E-state index in [1.54, 1.807) is 0 Å². The highest BCUT2D eigenvalue weighted by molar-refractivity contribution is 4.85. The molecular formula is C10H20O2. The van der Waals surface area contributed by atoms with Gasteiger partial charge in [0.25, 0.3) is 0 Å². The van der Waals surface area contributed by atoms with E-state index in [2.05, 4.69) is 20.8 Å². The quantitative estimate of drug-likeness (QED) is 0.653. The maximum atomic E-state index is 9.70. The first kappa shape index (κ1) is 10.0. The van der Waals surface area contributed by atoms with Crippen LogP contribution in [0, 0.1) is 11.8 Å². The third-order valence-corrected chi connectivity index (χ3v) is 3.23. The molecule has 2 nitrogen and oxygen atoms in total. The van der Waals surface area contributed by atoms with E-state index >= 15 is 0 Å². The number of ether oxygens (including phenoxy) is 1. The highest BCUT2D eigenvalue weighted by Crippen LogP contribution is 2.31. The van der Waals surface area contributed by atoms with Gasteiger partial charge >= 0.3 is 0 Å². The molecule has 5 unspecified atom stereocenters. The molecule has 1 N–H and O–H groups in total. The molecule has 1 fully saturated rings. The first-order chi connectivity index (χ1) is 5.57. The van der Waals surface area contributed by atoms with Crippen LogP contribution in [0.3, 0.4) is 0 Å². The average Bonchev–Trinajstić information content (AvgIpc) is 2.08. The van der Waals surface area contributed by atoms with Crippen LogP contribution in [0.2, 0.25) is 0 Å². The first-order valence-corrected chi connectivity index (χ1v) is 4.91. The van der Waals surface area contributed by atoms with Crippen molar-refractivity contribution in [1.82, 2.24) is 0 Å². The summed E-state index contributed by atoms with van der Waals surface area (Å²) in [5.74, 6) is 0.833. The minimum atomic E-state index is -0.289. The van der Waals surface area contributed by atoms with Crippen molar-refractivity contribution in [2.75, 3.05) is 0 Å². The minimum absolute atomic E-state index is 0.00106. The largest absolute Gasteiger partial charge is 0.390 e. The van der Waals surface area contributed by atoms with E-state index in [0.29, 0.717) is 17.9 Å². The monoisotopic (exact) mass is 172 g/mol. The van der Waals surface area contributed by atoms with Crippen molar-refractivity contribution in [2.24, 2.45) is 11.8 Å². The van der Waals surface area contributed by atoms with Crippen LogP contribution in [-0.4, -0.2) is 23.4 Å². The fourth-order valence-electron chi connectivity index (χ4n) is 2.03. The molecule has 0 aromatic carbocycles. The Morgan fingerprint density at radius 3 is 2.25 bits per heavy atom. The van der Waals surface area contributed by atoms with Crippen molar-refractivity contribution in [3.63, 3.8) is 0 Å². The molecule has 5 atom stereocenters. The van der Waals surface area contributed by atoms with Gasteiger partial charge in [0.05, 0.1) is 18.3 Å². The molecule has 0 spiro atoms. The molecular weight excluding hydrogens is 152 g/mol. The summed E-state index contributed by atoms with van der Waals surface area (Å²) in [5, 5.41) is 9.70. The molecule has 0 amide bonds. The Labute approximate surface area is 74.9 Å². The molecule has 0 radical (unpaired) electrons. The Balaban J connectivity index is 2.63. The summed E-state index contributed by atoms with van der Waals surface area (Å²) in [6, 6.07) is 0. The summed E-state index contributed by atoms with van der Waals surface area (Å²) < 4.78 is 5.68. The van der Waals surface area contributed by atoms with E-state index in [-0.39, 0.29) is 12.2 Å². The number of hydrogen-bond acceptors (Lipinski definition) is 2. The number of rotatable bonds is 1. The highest BCUT2D eigenvalue weighted by Gasteiger charge is 2.37. The average molecular weight is 172 g/mol. The molecule has 0 bridgehead atoms. The smallest absolute Gasteiger partial charge is 0.0828 e. The standard InChI is InChI=1S/C10H20O2/c1-5-9-6(2)7(3)10(11)8(4)12-9/h6-11H,5H2,1-4H3. The van der Waals surface area contributed by atoms with Gasteiger partial charge < -0.3 is 9.84 Å². The summed E-state index contributed by atoms with van der Waals surface area (Å²) in [6.07, 6.45) is 1.09. The second kappa shape index (κ2) is 3.75. The summed E-state index contributed by atoms with van der Waals surface area (Å²) in [6.45, 7) is 8.36. The molecule has 1 saturated heterocycles. The topological polar surface area (TPSA) is 29.5 Å². The fraction of sp³-hybridized carbons (Fsp3) is 1.00. The van der Waals surface area contributed by atoms with Crippen LogP contribution in [0.15, 0.2) is 0 Å². The van der Waals surface area contributed by atoms with E-state index < -0.39 is 0 Å². The molecule has 12 heavy (non-hydrogen) atoms. The van der Waals surface area contributed by atoms with Crippen molar-refractivity contribution < 1.29 is 9.84 Å². The molecule has 2 heteroatoms. The van der Waals surface area contributed by atoms with E-state index in [9.17, 15) is 5.11 Å². The van der Waals surface area contributed by atoms with Crippen molar-refractivity contribution >= 4 is 0 Å². The van der Waals surface area contributed by atoms with E-state index in [1.807, 2.05) is 6.92 Å². The lowest BCUT2D eigenvalue weighted by atomic mass is 9.81. The third kappa shape index (κ3) is 1.64. The second-order valence-electron chi connectivity index (χ2n) is 4.00. The zero-order valence-electron chi connectivity index (χ0n) is 8.45. The van der Waals surface area contributed by atoms with Gasteiger partial charge in [0.1, 0.15) is 0 Å². The lowest BCUT2D eigenvalue weighted by Crippen LogP contribution is -2.47. The van der Waals surface area contributed by atoms with Crippen molar-refractivity contribution in [2.45, 2.75) is 52.4 Å². The Hall–Kier alpha value is -0.0800. The van der Waals surface area contributed by atoms with E-state index in [1.165, 1.54) is 0 Å². The van der Waals surface area contributed by atoms with Crippen molar-refractivity contribution in [3.8, 4) is 0 Å². The molecule has 72 valence electrons. The number of aliphatic hydroxyl groups is 1. The van der Waals surface area contributed by atoms with Gasteiger partial charge in [0.15, 0.2) is 0 Å². The third-order valence-electron chi connectivity index (χ3n) is 3.23. The van der Waals surface area contributed by atoms with Crippen molar-refractivity contribution in [1.29, 1.82) is 0 Å². The number of aliphatic hydroxyl groups excluding tert-OH is 1. The van der Waals surface area contributed by atoms with Crippen LogP contribution in [0.25, 0.3) is 0 Å². The maximum Gasteiger partial charge on any atom is 0.0828 e. The van der Waals surface area contributed by atoms with Gasteiger partial charge in [-0.3, -0.25) is 0 Å². The van der Waals surface area contributed by atoms with E-state index in [0.717, 1.165) is 6.42 Å². The van der Waals surface area contributed by atoms with Crippen LogP contribution in [0.1, 0.15) is 34.1 Å². The normalized spacial score (nSPS) is 49.2. The van der Waals surface area contributed by atoms with Gasteiger partial charge in [-0.15, -0.1) is 0 Å². The predicted octanol–water partition coefficient (Wildman–Crippen LogP) is 1.82. The molecule has 0 aromatic heterocycles. The summed E-state index contributed by atoms with van der Waals surface area (Å²) in [5.41, 5.74) is 0. The Kier molecular flexibility index (Phi) is 3.13. The van der Waals surface area contributed by atoms with E-state index in [4.69, 9.17) is 4.74 Å². The van der Waals surface area contributed by atoms with Crippen LogP contribution in [0.5, 0.6) is 0 Å². The molecule has 1 aliphatic rings. The van der Waals surface area contributed by atoms with Gasteiger partial charge in [-0.2, -0.15) is 0 Å². The van der Waals surface area contributed by atoms with Gasteiger partial charge in [-0.1, -0.05) is 20.8 Å². The Morgan fingerprint density at radius 1 is 1.17 bits per heavy atom. The van der Waals surface area contributed by atoms with Gasteiger partial charge in [-0.25, -0.2) is 0 Å². The van der Waals surface area contributed by atoms with Crippen LogP contribution >= 0.6 is 0 Å². The van der Waals surface area contributed by atoms with Gasteiger partial charge in [0, 0.05) is 0 Å². The lowest BCUT2D eigenvalue weighted by Gasteiger charge is -2.41. The first-order valence-electron chi connectivity index (χ1n) is 4.91. The Bertz CT molecular complexity index is 142. The highest BCUT2D eigenvalue weighted by atomic mass is 16.5. The zero-order chi connectivity index (χ0) is 9.30. The van der Waals surface area contributed by atoms with Crippen molar-refractivity contribution in [3.05, 3.63) is 0 Å².